The summed E-state index contributed by atoms with van der Waals surface area (Å²) in [5.74, 6) is -3.87. The van der Waals surface area contributed by atoms with Gasteiger partial charge in [-0.1, -0.05) is 12.1 Å². The van der Waals surface area contributed by atoms with Gasteiger partial charge in [0, 0.05) is 27.7 Å². The number of aromatic nitrogens is 2. The molecular formula is C23H26N4O12. The Bertz CT molecular complexity index is 1310. The largest absolute Gasteiger partial charge is 0.506 e. The van der Waals surface area contributed by atoms with Crippen LogP contribution >= 0.6 is 0 Å². The van der Waals surface area contributed by atoms with Crippen LogP contribution in [0.2, 0.25) is 0 Å². The Morgan fingerprint density at radius 1 is 0.949 bits per heavy atom. The van der Waals surface area contributed by atoms with Crippen LogP contribution in [0.15, 0.2) is 34.2 Å². The normalized spacial score (nSPS) is 13.9. The first-order valence-electron chi connectivity index (χ1n) is 11.2. The molecule has 0 bridgehead atoms. The minimum Gasteiger partial charge on any atom is -0.462 e. The number of carboxylic acid groups (broad SMARTS) is 1. The van der Waals surface area contributed by atoms with Crippen LogP contribution in [0, 0.1) is 0 Å². The van der Waals surface area contributed by atoms with E-state index in [-0.39, 0.29) is 5.82 Å². The number of carbonyl (C=O) groups excluding carboxylic acids is 4. The molecule has 1 aromatic carbocycles. The lowest BCUT2D eigenvalue weighted by atomic mass is 10.0. The van der Waals surface area contributed by atoms with Crippen molar-refractivity contribution in [2.75, 3.05) is 12.0 Å². The molecule has 4 unspecified atom stereocenters. The van der Waals surface area contributed by atoms with Gasteiger partial charge < -0.3 is 33.8 Å². The molecular weight excluding hydrogens is 524 g/mol. The lowest BCUT2D eigenvalue weighted by Gasteiger charge is -2.33. The lowest BCUT2D eigenvalue weighted by Crippen LogP contribution is -2.53. The lowest BCUT2D eigenvalue weighted by molar-refractivity contribution is -0.195. The summed E-state index contributed by atoms with van der Waals surface area (Å²) in [5.41, 5.74) is 2.54. The number of benzene rings is 1. The van der Waals surface area contributed by atoms with Crippen molar-refractivity contribution in [3.63, 3.8) is 0 Å². The molecule has 0 spiro atoms. The number of H-pyrrole nitrogens is 1. The summed E-state index contributed by atoms with van der Waals surface area (Å²) in [5, 5.41) is 13.1. The number of rotatable bonds is 12. The molecule has 1 heterocycles. The van der Waals surface area contributed by atoms with Gasteiger partial charge in [0.05, 0.1) is 17.2 Å². The van der Waals surface area contributed by atoms with E-state index in [9.17, 15) is 33.9 Å². The van der Waals surface area contributed by atoms with Gasteiger partial charge in [0.25, 0.3) is 5.56 Å². The predicted octanol–water partition coefficient (Wildman–Crippen LogP) is 0.742. The second-order valence-electron chi connectivity index (χ2n) is 7.77. The summed E-state index contributed by atoms with van der Waals surface area (Å²) in [6.45, 7) is 3.37. The van der Waals surface area contributed by atoms with Gasteiger partial charge in [0.1, 0.15) is 6.61 Å². The zero-order chi connectivity index (χ0) is 29.1. The van der Waals surface area contributed by atoms with Gasteiger partial charge in [-0.3, -0.25) is 29.4 Å². The Morgan fingerprint density at radius 3 is 2.15 bits per heavy atom. The Kier molecular flexibility index (Phi) is 10.9. The first kappa shape index (κ1) is 30.2. The molecule has 2 aromatic rings. The number of esters is 4. The number of nitrogens with zero attached hydrogens (tertiary/aromatic N) is 2. The third-order valence-electron chi connectivity index (χ3n) is 4.61. The van der Waals surface area contributed by atoms with Crippen molar-refractivity contribution in [2.24, 2.45) is 5.10 Å². The average Bonchev–Trinajstić information content (AvgIpc) is 2.82. The molecule has 2 rings (SSSR count). The Balaban J connectivity index is 2.49. The van der Waals surface area contributed by atoms with Crippen LogP contribution in [-0.2, 0) is 42.9 Å². The molecule has 0 saturated heterocycles. The van der Waals surface area contributed by atoms with Gasteiger partial charge in [-0.2, -0.15) is 5.10 Å². The number of hydrazone groups is 1. The van der Waals surface area contributed by atoms with Gasteiger partial charge in [0.15, 0.2) is 24.4 Å². The van der Waals surface area contributed by atoms with Crippen LogP contribution in [0.4, 0.5) is 10.6 Å². The monoisotopic (exact) mass is 550 g/mol. The first-order valence-corrected chi connectivity index (χ1v) is 11.2. The van der Waals surface area contributed by atoms with Crippen LogP contribution in [0.3, 0.4) is 0 Å². The third kappa shape index (κ3) is 9.75. The van der Waals surface area contributed by atoms with Gasteiger partial charge in [-0.25, -0.2) is 9.78 Å². The Labute approximate surface area is 220 Å². The van der Waals surface area contributed by atoms with Gasteiger partial charge in [0.2, 0.25) is 5.82 Å². The predicted molar refractivity (Wildman–Crippen MR) is 131 cm³/mol. The van der Waals surface area contributed by atoms with Crippen LogP contribution in [-0.4, -0.2) is 82.3 Å². The summed E-state index contributed by atoms with van der Waals surface area (Å²) < 4.78 is 25.2. The first-order chi connectivity index (χ1) is 18.4. The van der Waals surface area contributed by atoms with Gasteiger partial charge in [-0.05, 0) is 12.1 Å². The molecule has 1 aromatic heterocycles. The van der Waals surface area contributed by atoms with Crippen molar-refractivity contribution >= 4 is 53.1 Å². The maximum absolute atomic E-state index is 12.3. The molecule has 0 aliphatic heterocycles. The van der Waals surface area contributed by atoms with Gasteiger partial charge in [-0.15, -0.1) is 0 Å². The second kappa shape index (κ2) is 14.1. The standard InChI is InChI=1S/C23H26N4O12/c1-11(28)35-10-18(36-12(2)29)20(38-14(4)31)19(37-13(3)30)17(39-23(33)34)9-24-27-21-22(32)26-16-8-6-5-7-15(16)25-21/h5-9,17-20H,10H2,1-4H3,(H,25,27)(H,26,32)(H,33,34). The molecule has 3 N–H and O–H groups in total. The topological polar surface area (TPSA) is 222 Å². The zero-order valence-corrected chi connectivity index (χ0v) is 21.2. The van der Waals surface area contributed by atoms with E-state index in [1.165, 1.54) is 0 Å². The number of nitrogens with one attached hydrogen (secondary N) is 2. The fraction of sp³-hybridized carbons (Fsp3) is 0.391. The minimum absolute atomic E-state index is 0.271. The van der Waals surface area contributed by atoms with Crippen molar-refractivity contribution in [1.29, 1.82) is 0 Å². The summed E-state index contributed by atoms with van der Waals surface area (Å²) in [7, 11) is 0. The number of anilines is 1. The number of fused-ring (bicyclic) bond motifs is 1. The zero-order valence-electron chi connectivity index (χ0n) is 21.2. The fourth-order valence-electron chi connectivity index (χ4n) is 3.24. The van der Waals surface area contributed by atoms with E-state index in [0.717, 1.165) is 33.9 Å². The number of hydrogen-bond acceptors (Lipinski definition) is 14. The van der Waals surface area contributed by atoms with Crippen molar-refractivity contribution in [2.45, 2.75) is 52.1 Å². The van der Waals surface area contributed by atoms with Crippen molar-refractivity contribution in [3.05, 3.63) is 34.6 Å². The second-order valence-corrected chi connectivity index (χ2v) is 7.77. The van der Waals surface area contributed by atoms with Crippen LogP contribution in [0.5, 0.6) is 0 Å². The van der Waals surface area contributed by atoms with E-state index in [1.54, 1.807) is 24.3 Å². The maximum Gasteiger partial charge on any atom is 0.506 e. The van der Waals surface area contributed by atoms with Crippen LogP contribution < -0.4 is 11.0 Å². The van der Waals surface area contributed by atoms with Crippen molar-refractivity contribution in [1.82, 2.24) is 9.97 Å². The highest BCUT2D eigenvalue weighted by Crippen LogP contribution is 2.20. The third-order valence-corrected chi connectivity index (χ3v) is 4.61. The Morgan fingerprint density at radius 2 is 1.56 bits per heavy atom. The van der Waals surface area contributed by atoms with Crippen LogP contribution in [0.1, 0.15) is 27.7 Å². The van der Waals surface area contributed by atoms with E-state index in [4.69, 9.17) is 23.7 Å². The van der Waals surface area contributed by atoms with E-state index in [0.29, 0.717) is 11.0 Å². The van der Waals surface area contributed by atoms with Crippen molar-refractivity contribution < 1.29 is 52.8 Å². The molecule has 0 aliphatic rings. The summed E-state index contributed by atoms with van der Waals surface area (Å²) in [4.78, 5) is 77.4. The summed E-state index contributed by atoms with van der Waals surface area (Å²) in [6.07, 6.45) is -7.98. The number of para-hydroxylation sites is 2. The number of carbonyl (C=O) groups is 5. The summed E-state index contributed by atoms with van der Waals surface area (Å²) >= 11 is 0. The number of ether oxygens (including phenoxy) is 5. The highest BCUT2D eigenvalue weighted by molar-refractivity contribution is 5.76. The van der Waals surface area contributed by atoms with E-state index in [2.05, 4.69) is 20.5 Å². The number of aromatic amines is 1. The van der Waals surface area contributed by atoms with Crippen LogP contribution in [0.25, 0.3) is 11.0 Å². The van der Waals surface area contributed by atoms with Crippen molar-refractivity contribution in [3.8, 4) is 0 Å². The molecule has 39 heavy (non-hydrogen) atoms. The highest BCUT2D eigenvalue weighted by Gasteiger charge is 2.43. The van der Waals surface area contributed by atoms with E-state index >= 15 is 0 Å². The average molecular weight is 550 g/mol. The maximum atomic E-state index is 12.3. The SMILES string of the molecule is CC(=O)OCC(OC(C)=O)C(OC(C)=O)C(OC(C)=O)C(C=NNc1nc2ccccc2[nH]c1=O)OC(=O)O. The Hall–Kier alpha value is -5.02. The molecule has 210 valence electrons. The smallest absolute Gasteiger partial charge is 0.462 e. The molecule has 0 saturated carbocycles. The number of hydrogen-bond donors (Lipinski definition) is 3. The highest BCUT2D eigenvalue weighted by atomic mass is 16.7. The molecule has 16 nitrogen and oxygen atoms in total. The molecule has 0 fully saturated rings. The quantitative estimate of drug-likeness (QED) is 0.144. The van der Waals surface area contributed by atoms with Gasteiger partial charge >= 0.3 is 30.0 Å². The minimum atomic E-state index is -1.85. The fourth-order valence-corrected chi connectivity index (χ4v) is 3.24. The summed E-state index contributed by atoms with van der Waals surface area (Å²) in [6, 6.07) is 6.63. The molecule has 16 heteroatoms. The van der Waals surface area contributed by atoms with E-state index < -0.39 is 66.6 Å². The molecule has 0 amide bonds. The molecule has 0 radical (unpaired) electrons. The molecule has 4 atom stereocenters. The van der Waals surface area contributed by atoms with E-state index in [1.807, 2.05) is 0 Å². The molecule has 0 aliphatic carbocycles.